The van der Waals surface area contributed by atoms with Crippen LogP contribution in [0.25, 0.3) is 27.8 Å². The molecule has 0 aliphatic carbocycles. The van der Waals surface area contributed by atoms with E-state index in [0.717, 1.165) is 24.8 Å². The average Bonchev–Trinajstić information content (AvgIpc) is 3.30. The lowest BCUT2D eigenvalue weighted by molar-refractivity contribution is -0.116. The number of rotatable bonds is 8. The molecular weight excluding hydrogens is 387 g/mol. The predicted molar refractivity (Wildman–Crippen MR) is 112 cm³/mol. The maximum absolute atomic E-state index is 15.1. The average molecular weight is 410 g/mol. The summed E-state index contributed by atoms with van der Waals surface area (Å²) in [5.41, 5.74) is 1.81. The van der Waals surface area contributed by atoms with Crippen LogP contribution in [0.1, 0.15) is 32.6 Å². The molecule has 0 bridgehead atoms. The number of carbonyl (C=O) groups is 1. The molecule has 2 N–H and O–H groups in total. The standard InChI is InChI=1S/C21H23FN6O2/c1-2-3-4-8-18(30)24-20-14-12-16(22)19(25-21(14)28(26-20)10-11-29)15-13-23-27-9-6-5-7-17(15)27/h5-7,9,12-13,29H,2-4,8,10-11H2,1H3,(H,24,26,30). The molecule has 0 atom stereocenters. The van der Waals surface area contributed by atoms with Crippen molar-refractivity contribution in [3.63, 3.8) is 0 Å². The number of hydrogen-bond acceptors (Lipinski definition) is 5. The molecule has 0 fully saturated rings. The van der Waals surface area contributed by atoms with E-state index >= 15 is 4.39 Å². The molecule has 4 aromatic rings. The zero-order valence-corrected chi connectivity index (χ0v) is 16.7. The fraction of sp³-hybridized carbons (Fsp3) is 0.333. The molecule has 0 spiro atoms. The quantitative estimate of drug-likeness (QED) is 0.434. The summed E-state index contributed by atoms with van der Waals surface area (Å²) < 4.78 is 18.2. The molecular formula is C21H23FN6O2. The summed E-state index contributed by atoms with van der Waals surface area (Å²) in [6, 6.07) is 6.84. The van der Waals surface area contributed by atoms with Crippen molar-refractivity contribution in [1.82, 2.24) is 24.4 Å². The lowest BCUT2D eigenvalue weighted by Gasteiger charge is -2.04. The molecule has 156 valence electrons. The summed E-state index contributed by atoms with van der Waals surface area (Å²) >= 11 is 0. The highest BCUT2D eigenvalue weighted by Gasteiger charge is 2.20. The Hall–Kier alpha value is -3.33. The minimum Gasteiger partial charge on any atom is -0.394 e. The maximum atomic E-state index is 15.1. The van der Waals surface area contributed by atoms with Crippen molar-refractivity contribution in [3.8, 4) is 11.3 Å². The zero-order chi connectivity index (χ0) is 21.1. The van der Waals surface area contributed by atoms with Crippen LogP contribution in [-0.4, -0.2) is 42.0 Å². The van der Waals surface area contributed by atoms with Crippen LogP contribution >= 0.6 is 0 Å². The number of halogens is 1. The number of aliphatic hydroxyl groups is 1. The van der Waals surface area contributed by atoms with Crippen molar-refractivity contribution in [1.29, 1.82) is 0 Å². The van der Waals surface area contributed by atoms with Crippen LogP contribution in [0.2, 0.25) is 0 Å². The predicted octanol–water partition coefficient (Wildman–Crippen LogP) is 3.40. The molecule has 0 saturated carbocycles. The summed E-state index contributed by atoms with van der Waals surface area (Å²) in [5.74, 6) is -0.463. The Morgan fingerprint density at radius 3 is 2.97 bits per heavy atom. The van der Waals surface area contributed by atoms with Gasteiger partial charge in [0.2, 0.25) is 5.91 Å². The lowest BCUT2D eigenvalue weighted by Crippen LogP contribution is -2.12. The third-order valence-electron chi connectivity index (χ3n) is 4.93. The van der Waals surface area contributed by atoms with Gasteiger partial charge in [-0.15, -0.1) is 0 Å². The molecule has 4 heterocycles. The van der Waals surface area contributed by atoms with Gasteiger partial charge in [-0.1, -0.05) is 25.8 Å². The highest BCUT2D eigenvalue weighted by Crippen LogP contribution is 2.30. The summed E-state index contributed by atoms with van der Waals surface area (Å²) in [6.07, 6.45) is 6.48. The first-order valence-corrected chi connectivity index (χ1v) is 10.0. The summed E-state index contributed by atoms with van der Waals surface area (Å²) in [7, 11) is 0. The number of unbranched alkanes of at least 4 members (excludes halogenated alkanes) is 2. The first-order valence-electron chi connectivity index (χ1n) is 10.0. The molecule has 0 aliphatic rings. The van der Waals surface area contributed by atoms with E-state index in [-0.39, 0.29) is 30.6 Å². The number of amides is 1. The second kappa shape index (κ2) is 8.58. The van der Waals surface area contributed by atoms with Crippen molar-refractivity contribution in [3.05, 3.63) is 42.5 Å². The number of aliphatic hydroxyl groups excluding tert-OH is 1. The Morgan fingerprint density at radius 2 is 2.17 bits per heavy atom. The van der Waals surface area contributed by atoms with Gasteiger partial charge < -0.3 is 10.4 Å². The molecule has 0 unspecified atom stereocenters. The Labute approximate surface area is 172 Å². The fourth-order valence-corrected chi connectivity index (χ4v) is 3.45. The second-order valence-corrected chi connectivity index (χ2v) is 7.08. The van der Waals surface area contributed by atoms with Gasteiger partial charge in [0.15, 0.2) is 17.3 Å². The van der Waals surface area contributed by atoms with Crippen LogP contribution in [0.5, 0.6) is 0 Å². The number of hydrogen-bond donors (Lipinski definition) is 2. The zero-order valence-electron chi connectivity index (χ0n) is 16.7. The Bertz CT molecular complexity index is 1200. The minimum absolute atomic E-state index is 0.142. The number of fused-ring (bicyclic) bond motifs is 2. The van der Waals surface area contributed by atoms with Crippen LogP contribution in [0.4, 0.5) is 10.2 Å². The maximum Gasteiger partial charge on any atom is 0.225 e. The van der Waals surface area contributed by atoms with E-state index in [1.165, 1.54) is 10.7 Å². The number of aromatic nitrogens is 5. The van der Waals surface area contributed by atoms with E-state index in [1.807, 2.05) is 18.2 Å². The van der Waals surface area contributed by atoms with E-state index in [9.17, 15) is 9.90 Å². The lowest BCUT2D eigenvalue weighted by atomic mass is 10.1. The molecule has 8 nitrogen and oxygen atoms in total. The Kier molecular flexibility index (Phi) is 5.71. The topological polar surface area (TPSA) is 97.3 Å². The van der Waals surface area contributed by atoms with Crippen LogP contribution in [-0.2, 0) is 11.3 Å². The molecule has 0 aliphatic heterocycles. The Morgan fingerprint density at radius 1 is 1.30 bits per heavy atom. The number of anilines is 1. The van der Waals surface area contributed by atoms with Crippen molar-refractivity contribution < 1.29 is 14.3 Å². The molecule has 0 aromatic carbocycles. The molecule has 0 radical (unpaired) electrons. The van der Waals surface area contributed by atoms with E-state index < -0.39 is 5.82 Å². The number of pyridine rings is 2. The van der Waals surface area contributed by atoms with Gasteiger partial charge in [0.25, 0.3) is 0 Å². The number of nitrogens with zero attached hydrogens (tertiary/aromatic N) is 5. The molecule has 4 aromatic heterocycles. The van der Waals surface area contributed by atoms with Gasteiger partial charge in [-0.2, -0.15) is 10.2 Å². The van der Waals surface area contributed by atoms with Crippen LogP contribution < -0.4 is 5.32 Å². The SMILES string of the molecule is CCCCCC(=O)Nc1nn(CCO)c2nc(-c3cnn4ccccc34)c(F)cc12. The van der Waals surface area contributed by atoms with Gasteiger partial charge in [-0.05, 0) is 24.6 Å². The van der Waals surface area contributed by atoms with Gasteiger partial charge in [0, 0.05) is 18.2 Å². The van der Waals surface area contributed by atoms with Gasteiger partial charge in [0.05, 0.1) is 30.3 Å². The van der Waals surface area contributed by atoms with Crippen molar-refractivity contribution in [2.45, 2.75) is 39.2 Å². The number of nitrogens with one attached hydrogen (secondary N) is 1. The van der Waals surface area contributed by atoms with E-state index in [0.29, 0.717) is 23.0 Å². The monoisotopic (exact) mass is 410 g/mol. The first kappa shape index (κ1) is 20.0. The highest BCUT2D eigenvalue weighted by molar-refractivity contribution is 5.99. The van der Waals surface area contributed by atoms with Gasteiger partial charge >= 0.3 is 0 Å². The Balaban J connectivity index is 1.76. The highest BCUT2D eigenvalue weighted by atomic mass is 19.1. The molecule has 30 heavy (non-hydrogen) atoms. The summed E-state index contributed by atoms with van der Waals surface area (Å²) in [4.78, 5) is 16.7. The minimum atomic E-state index is -0.536. The second-order valence-electron chi connectivity index (χ2n) is 7.08. The summed E-state index contributed by atoms with van der Waals surface area (Å²) in [5, 5.41) is 21.1. The smallest absolute Gasteiger partial charge is 0.225 e. The van der Waals surface area contributed by atoms with Crippen LogP contribution in [0.3, 0.4) is 0 Å². The van der Waals surface area contributed by atoms with Gasteiger partial charge in [-0.25, -0.2) is 18.6 Å². The fourth-order valence-electron chi connectivity index (χ4n) is 3.45. The molecule has 1 amide bonds. The van der Waals surface area contributed by atoms with Gasteiger partial charge in [0.1, 0.15) is 5.69 Å². The number of carbonyl (C=O) groups excluding carboxylic acids is 1. The van der Waals surface area contributed by atoms with E-state index in [2.05, 4.69) is 27.4 Å². The van der Waals surface area contributed by atoms with Crippen LogP contribution in [0.15, 0.2) is 36.7 Å². The van der Waals surface area contributed by atoms with Crippen molar-refractivity contribution >= 4 is 28.3 Å². The van der Waals surface area contributed by atoms with Crippen molar-refractivity contribution in [2.75, 3.05) is 11.9 Å². The first-order chi connectivity index (χ1) is 14.6. The third kappa shape index (κ3) is 3.76. The van der Waals surface area contributed by atoms with Crippen LogP contribution in [0, 0.1) is 5.82 Å². The van der Waals surface area contributed by atoms with E-state index in [1.54, 1.807) is 16.9 Å². The molecule has 4 rings (SSSR count). The largest absolute Gasteiger partial charge is 0.394 e. The normalized spacial score (nSPS) is 11.4. The molecule has 9 heteroatoms. The summed E-state index contributed by atoms with van der Waals surface area (Å²) in [6.45, 7) is 2.08. The van der Waals surface area contributed by atoms with E-state index in [4.69, 9.17) is 0 Å². The van der Waals surface area contributed by atoms with Crippen molar-refractivity contribution in [2.24, 2.45) is 0 Å². The third-order valence-corrected chi connectivity index (χ3v) is 4.93. The van der Waals surface area contributed by atoms with Gasteiger partial charge in [-0.3, -0.25) is 4.79 Å². The molecule has 0 saturated heterocycles.